The van der Waals surface area contributed by atoms with Gasteiger partial charge in [0.1, 0.15) is 5.76 Å². The molecular weight excluding hydrogens is 763 g/mol. The Bertz CT molecular complexity index is 1850. The fourth-order valence-corrected chi connectivity index (χ4v) is 6.73. The van der Waals surface area contributed by atoms with Crippen molar-refractivity contribution in [1.29, 1.82) is 0 Å². The zero-order valence-corrected chi connectivity index (χ0v) is 32.4. The molecule has 0 aliphatic carbocycles. The monoisotopic (exact) mass is 813 g/mol. The summed E-state index contributed by atoms with van der Waals surface area (Å²) >= 11 is 1.82. The fraction of sp³-hybridized carbons (Fsp3) is 0.415. The number of aliphatic hydroxyl groups excluding tert-OH is 1. The Kier molecular flexibility index (Phi) is 12.2. The summed E-state index contributed by atoms with van der Waals surface area (Å²) in [4.78, 5) is 18.6. The molecule has 5 rings (SSSR count). The molecule has 5 heteroatoms. The molecule has 0 amide bonds. The van der Waals surface area contributed by atoms with Crippen LogP contribution in [0, 0.1) is 23.8 Å². The Labute approximate surface area is 293 Å². The van der Waals surface area contributed by atoms with Gasteiger partial charge in [0.05, 0.1) is 5.52 Å². The minimum Gasteiger partial charge on any atom is -0.512 e. The number of ketones is 1. The van der Waals surface area contributed by atoms with Crippen LogP contribution >= 0.6 is 11.3 Å². The van der Waals surface area contributed by atoms with E-state index in [2.05, 4.69) is 94.4 Å². The van der Waals surface area contributed by atoms with Gasteiger partial charge in [-0.1, -0.05) is 110 Å². The van der Waals surface area contributed by atoms with Crippen LogP contribution < -0.4 is 0 Å². The smallest absolute Gasteiger partial charge is 0.164 e. The van der Waals surface area contributed by atoms with E-state index in [9.17, 15) is 9.90 Å². The second-order valence-corrected chi connectivity index (χ2v) is 15.2. The number of nitrogens with zero attached hydrogens (tertiary/aromatic N) is 1. The van der Waals surface area contributed by atoms with Crippen molar-refractivity contribution < 1.29 is 30.0 Å². The maximum atomic E-state index is 12.2. The fourth-order valence-electron chi connectivity index (χ4n) is 5.70. The SMILES string of the molecule is CCC(C)(CC)C(=O)/C=C(\O)C(C)(CC)CC.Cc1cc2c(s1)c(-c1[c-]c3ccccc3c(C(C)(C)C)c1)nc1ccccc12.[Ir]. The molecule has 0 fully saturated rings. The van der Waals surface area contributed by atoms with Crippen molar-refractivity contribution in [3.63, 3.8) is 0 Å². The van der Waals surface area contributed by atoms with Gasteiger partial charge in [0.15, 0.2) is 5.78 Å². The second kappa shape index (κ2) is 14.9. The first-order chi connectivity index (χ1) is 21.2. The summed E-state index contributed by atoms with van der Waals surface area (Å²) in [6.45, 7) is 21.1. The number of aliphatic hydroxyl groups is 1. The Morgan fingerprint density at radius 1 is 0.826 bits per heavy atom. The number of carbonyl (C=O) groups excluding carboxylic acids is 1. The number of rotatable bonds is 8. The van der Waals surface area contributed by atoms with Crippen molar-refractivity contribution in [2.24, 2.45) is 10.8 Å². The van der Waals surface area contributed by atoms with E-state index in [-0.39, 0.29) is 47.9 Å². The summed E-state index contributed by atoms with van der Waals surface area (Å²) in [6, 6.07) is 25.3. The standard InChI is InChI=1S/C26H22NS.C15H28O2.Ir/c1-16-13-21-20-11-7-8-12-23(20)27-24(25(21)28-16)18-14-17-9-5-6-10-19(17)22(15-18)26(2,3)4;1-7-14(5,8-2)12(16)11-13(17)15(6,9-3)10-4;/h5-13,15H,1-4H3;11,16H,7-10H2,1-6H3;/q-1;;/b;12-11-;. The minimum atomic E-state index is -0.337. The number of thiophene rings is 1. The third-order valence-electron chi connectivity index (χ3n) is 9.94. The zero-order chi connectivity index (χ0) is 33.2. The first kappa shape index (κ1) is 37.6. The van der Waals surface area contributed by atoms with Gasteiger partial charge in [-0.05, 0) is 55.5 Å². The van der Waals surface area contributed by atoms with Crippen LogP contribution in [0.5, 0.6) is 0 Å². The third kappa shape index (κ3) is 7.64. The van der Waals surface area contributed by atoms with Gasteiger partial charge in [0, 0.05) is 57.7 Å². The van der Waals surface area contributed by atoms with Crippen LogP contribution in [0.2, 0.25) is 0 Å². The van der Waals surface area contributed by atoms with Crippen molar-refractivity contribution in [2.75, 3.05) is 0 Å². The Balaban J connectivity index is 0.000000280. The van der Waals surface area contributed by atoms with Gasteiger partial charge < -0.3 is 5.11 Å². The Morgan fingerprint density at radius 2 is 1.39 bits per heavy atom. The molecule has 3 nitrogen and oxygen atoms in total. The normalized spacial score (nSPS) is 12.6. The maximum Gasteiger partial charge on any atom is 0.164 e. The number of allylic oxidation sites excluding steroid dienone is 2. The molecule has 2 heterocycles. The van der Waals surface area contributed by atoms with Crippen molar-refractivity contribution in [3.8, 4) is 11.3 Å². The zero-order valence-electron chi connectivity index (χ0n) is 29.2. The molecule has 2 aromatic heterocycles. The van der Waals surface area contributed by atoms with Gasteiger partial charge in [-0.3, -0.25) is 9.78 Å². The molecule has 0 saturated heterocycles. The predicted molar refractivity (Wildman–Crippen MR) is 195 cm³/mol. The number of benzene rings is 3. The predicted octanol–water partition coefficient (Wildman–Crippen LogP) is 12.3. The maximum absolute atomic E-state index is 12.2. The number of carbonyl (C=O) groups is 1. The van der Waals surface area contributed by atoms with E-state index >= 15 is 0 Å². The average molecular weight is 813 g/mol. The first-order valence-corrected chi connectivity index (χ1v) is 17.2. The summed E-state index contributed by atoms with van der Waals surface area (Å²) in [5, 5.41) is 15.1. The van der Waals surface area contributed by atoms with E-state index in [1.807, 2.05) is 52.9 Å². The van der Waals surface area contributed by atoms with Crippen LogP contribution in [0.15, 0.2) is 72.5 Å². The van der Waals surface area contributed by atoms with E-state index in [4.69, 9.17) is 4.98 Å². The molecule has 3 aromatic carbocycles. The number of aromatic nitrogens is 1. The number of aryl methyl sites for hydroxylation is 1. The van der Waals surface area contributed by atoms with Gasteiger partial charge in [-0.2, -0.15) is 0 Å². The molecule has 0 saturated carbocycles. The van der Waals surface area contributed by atoms with Crippen molar-refractivity contribution >= 4 is 48.9 Å². The van der Waals surface area contributed by atoms with Crippen LogP contribution in [0.3, 0.4) is 0 Å². The van der Waals surface area contributed by atoms with Gasteiger partial charge in [0.25, 0.3) is 0 Å². The molecule has 0 aliphatic rings. The molecule has 0 spiro atoms. The van der Waals surface area contributed by atoms with Crippen molar-refractivity contribution in [2.45, 2.75) is 100 Å². The summed E-state index contributed by atoms with van der Waals surface area (Å²) in [6.07, 6.45) is 4.75. The topological polar surface area (TPSA) is 50.2 Å². The van der Waals surface area contributed by atoms with Gasteiger partial charge in [-0.15, -0.1) is 40.5 Å². The molecule has 1 radical (unpaired) electrons. The van der Waals surface area contributed by atoms with Gasteiger partial charge >= 0.3 is 0 Å². The molecule has 247 valence electrons. The number of para-hydroxylation sites is 1. The number of fused-ring (bicyclic) bond motifs is 4. The second-order valence-electron chi connectivity index (χ2n) is 13.9. The summed E-state index contributed by atoms with van der Waals surface area (Å²) in [5.41, 5.74) is 3.96. The van der Waals surface area contributed by atoms with Crippen LogP contribution in [0.25, 0.3) is 43.0 Å². The molecule has 1 N–H and O–H groups in total. The Morgan fingerprint density at radius 3 is 1.98 bits per heavy atom. The largest absolute Gasteiger partial charge is 0.512 e. The molecule has 5 aromatic rings. The van der Waals surface area contributed by atoms with Gasteiger partial charge in [-0.25, -0.2) is 0 Å². The van der Waals surface area contributed by atoms with E-state index in [0.29, 0.717) is 0 Å². The number of pyridine rings is 1. The summed E-state index contributed by atoms with van der Waals surface area (Å²) in [7, 11) is 0. The molecule has 0 bridgehead atoms. The van der Waals surface area contributed by atoms with Crippen molar-refractivity contribution in [1.82, 2.24) is 4.98 Å². The van der Waals surface area contributed by atoms with Crippen molar-refractivity contribution in [3.05, 3.63) is 89.0 Å². The third-order valence-corrected chi connectivity index (χ3v) is 11.0. The number of hydrogen-bond donors (Lipinski definition) is 1. The molecular formula is C41H50IrNO2S-. The van der Waals surface area contributed by atoms with E-state index in [0.717, 1.165) is 47.8 Å². The van der Waals surface area contributed by atoms with Crippen LogP contribution in [-0.2, 0) is 30.3 Å². The van der Waals surface area contributed by atoms with Crippen LogP contribution in [0.4, 0.5) is 0 Å². The summed E-state index contributed by atoms with van der Waals surface area (Å²) < 4.78 is 1.25. The van der Waals surface area contributed by atoms with Gasteiger partial charge in [0.2, 0.25) is 0 Å². The molecule has 46 heavy (non-hydrogen) atoms. The van der Waals surface area contributed by atoms with E-state index < -0.39 is 0 Å². The molecule has 0 atom stereocenters. The average Bonchev–Trinajstić information content (AvgIpc) is 3.44. The van der Waals surface area contributed by atoms with Crippen LogP contribution in [0.1, 0.15) is 98.4 Å². The van der Waals surface area contributed by atoms with E-state index in [1.165, 1.54) is 37.4 Å². The van der Waals surface area contributed by atoms with E-state index in [1.54, 1.807) is 0 Å². The quantitative estimate of drug-likeness (QED) is 0.0964. The minimum absolute atomic E-state index is 0. The van der Waals surface area contributed by atoms with Crippen LogP contribution in [-0.4, -0.2) is 15.9 Å². The Hall–Kier alpha value is -2.85. The summed E-state index contributed by atoms with van der Waals surface area (Å²) in [5.74, 6) is 0.286. The molecule has 0 aliphatic heterocycles. The molecule has 0 unspecified atom stereocenters. The first-order valence-electron chi connectivity index (χ1n) is 16.4. The number of hydrogen-bond acceptors (Lipinski definition) is 4.